The van der Waals surface area contributed by atoms with Crippen LogP contribution in [0.2, 0.25) is 0 Å². The summed E-state index contributed by atoms with van der Waals surface area (Å²) in [4.78, 5) is 0. The van der Waals surface area contributed by atoms with Crippen LogP contribution in [0.25, 0.3) is 0 Å². The summed E-state index contributed by atoms with van der Waals surface area (Å²) in [5.74, 6) is 0. The molecule has 0 aliphatic carbocycles. The first kappa shape index (κ1) is 85.3. The maximum Gasteiger partial charge on any atom is 0 e. The van der Waals surface area contributed by atoms with Crippen molar-refractivity contribution in [2.45, 2.75) is 0 Å². The van der Waals surface area contributed by atoms with E-state index in [1.165, 1.54) is 0 Å². The molecular formula is C2H8ORh2U-2. The zero-order valence-corrected chi connectivity index (χ0v) is 11.1. The average Bonchev–Trinajstić information content (AvgIpc) is 0. The van der Waals surface area contributed by atoms with E-state index in [-0.39, 0.29) is 90.4 Å². The molecule has 4 heteroatoms. The Morgan fingerprint density at radius 1 is 0.667 bits per heavy atom. The Labute approximate surface area is 89.2 Å². The molecule has 0 fully saturated rings. The Balaban J connectivity index is 0. The fraction of sp³-hybridized carbons (Fsp3) is 0. The Hall–Kier alpha value is 2.26. The van der Waals surface area contributed by atoms with Crippen molar-refractivity contribution in [3.05, 3.63) is 14.9 Å². The molecule has 0 rings (SSSR count). The summed E-state index contributed by atoms with van der Waals surface area (Å²) < 4.78 is 0. The summed E-state index contributed by atoms with van der Waals surface area (Å²) in [6.45, 7) is 0. The van der Waals surface area contributed by atoms with E-state index in [9.17, 15) is 0 Å². The second kappa shape index (κ2) is 55.7. The maximum atomic E-state index is 0. The van der Waals surface area contributed by atoms with Crippen molar-refractivity contribution >= 4 is 0 Å². The molecule has 0 aromatic carbocycles. The van der Waals surface area contributed by atoms with E-state index in [1.54, 1.807) is 0 Å². The first-order valence-electron chi connectivity index (χ1n) is 0. The number of hydrogen-bond acceptors (Lipinski definition) is 0. The summed E-state index contributed by atoms with van der Waals surface area (Å²) in [6, 6.07) is 0. The van der Waals surface area contributed by atoms with Crippen LogP contribution in [0.1, 0.15) is 0 Å². The van der Waals surface area contributed by atoms with Gasteiger partial charge < -0.3 is 20.3 Å². The van der Waals surface area contributed by atoms with Gasteiger partial charge in [-0.2, -0.15) is 0 Å². The fourth-order valence-corrected chi connectivity index (χ4v) is 0. The van der Waals surface area contributed by atoms with Gasteiger partial charge in [0.25, 0.3) is 0 Å². The predicted octanol–water partition coefficient (Wildman–Crippen LogP) is 0.0709. The Morgan fingerprint density at radius 3 is 0.667 bits per heavy atom. The molecule has 0 saturated heterocycles. The summed E-state index contributed by atoms with van der Waals surface area (Å²) in [7, 11) is 0. The second-order valence-corrected chi connectivity index (χ2v) is 0. The first-order valence-corrected chi connectivity index (χ1v) is 0. The van der Waals surface area contributed by atoms with Gasteiger partial charge in [0.1, 0.15) is 0 Å². The summed E-state index contributed by atoms with van der Waals surface area (Å²) in [6.07, 6.45) is 0. The third kappa shape index (κ3) is 33.9. The van der Waals surface area contributed by atoms with Gasteiger partial charge in [-0.1, -0.05) is 0 Å². The van der Waals surface area contributed by atoms with Gasteiger partial charge in [-0.15, -0.1) is 0 Å². The molecule has 0 spiro atoms. The molecule has 46 valence electrons. The zero-order valence-electron chi connectivity index (χ0n) is 3.67. The summed E-state index contributed by atoms with van der Waals surface area (Å²) >= 11 is 0. The minimum atomic E-state index is 0. The molecule has 0 aliphatic rings. The van der Waals surface area contributed by atoms with Crippen molar-refractivity contribution in [1.29, 1.82) is 0 Å². The molecule has 2 radical (unpaired) electrons. The maximum absolute atomic E-state index is 0. The van der Waals surface area contributed by atoms with Gasteiger partial charge in [0.05, 0.1) is 0 Å². The summed E-state index contributed by atoms with van der Waals surface area (Å²) in [5.41, 5.74) is 0. The van der Waals surface area contributed by atoms with E-state index >= 15 is 0 Å². The molecule has 0 atom stereocenters. The van der Waals surface area contributed by atoms with E-state index < -0.39 is 0 Å². The standard InChI is InChI=1S/2CH3.H2O.2Rh.U/h2*1H3;1H2;;;/q2*-1;;;;. The van der Waals surface area contributed by atoms with Crippen LogP contribution < -0.4 is 0 Å². The molecule has 0 aliphatic heterocycles. The smallest absolute Gasteiger partial charge is 0 e. The zero-order chi connectivity index (χ0) is 0. The molecule has 0 saturated carbocycles. The number of hydrogen-bond donors (Lipinski definition) is 0. The largest absolute Gasteiger partial charge is 0.412 e. The molecule has 0 bridgehead atoms. The Morgan fingerprint density at radius 2 is 0.667 bits per heavy atom. The number of rotatable bonds is 0. The first-order chi connectivity index (χ1) is 0. The van der Waals surface area contributed by atoms with E-state index in [4.69, 9.17) is 0 Å². The molecule has 1 nitrogen and oxygen atoms in total. The van der Waals surface area contributed by atoms with Crippen LogP contribution >= 0.6 is 0 Å². The van der Waals surface area contributed by atoms with Crippen molar-refractivity contribution in [1.82, 2.24) is 0 Å². The van der Waals surface area contributed by atoms with Crippen molar-refractivity contribution in [3.63, 3.8) is 0 Å². The van der Waals surface area contributed by atoms with Crippen molar-refractivity contribution in [2.75, 3.05) is 0 Å². The van der Waals surface area contributed by atoms with Gasteiger partial charge in [0.2, 0.25) is 0 Å². The van der Waals surface area contributed by atoms with Crippen LogP contribution in [0.4, 0.5) is 0 Å². The van der Waals surface area contributed by atoms with Crippen molar-refractivity contribution in [3.8, 4) is 0 Å². The Bertz CT molecular complexity index is 11.5. The fourth-order valence-electron chi connectivity index (χ4n) is 0. The minimum absolute atomic E-state index is 0. The van der Waals surface area contributed by atoms with Crippen LogP contribution in [0.15, 0.2) is 0 Å². The quantitative estimate of drug-likeness (QED) is 0.339. The van der Waals surface area contributed by atoms with Crippen LogP contribution in [0, 0.1) is 46.0 Å². The van der Waals surface area contributed by atoms with E-state index in [0.717, 1.165) is 0 Å². The molecule has 0 aromatic heterocycles. The van der Waals surface area contributed by atoms with Gasteiger partial charge >= 0.3 is 0 Å². The van der Waals surface area contributed by atoms with Gasteiger partial charge in [-0.3, -0.25) is 0 Å². The molecule has 0 unspecified atom stereocenters. The van der Waals surface area contributed by atoms with Gasteiger partial charge in [-0.25, -0.2) is 0 Å². The molecule has 2 N–H and O–H groups in total. The average molecular weight is 492 g/mol. The predicted molar refractivity (Wildman–Crippen MR) is 16.4 cm³/mol. The van der Waals surface area contributed by atoms with E-state index in [0.29, 0.717) is 0 Å². The molecule has 0 amide bonds. The van der Waals surface area contributed by atoms with E-state index in [1.807, 2.05) is 0 Å². The molecule has 0 heterocycles. The Kier molecular flexibility index (Phi) is 792. The topological polar surface area (TPSA) is 31.5 Å². The van der Waals surface area contributed by atoms with Gasteiger partial charge in [0.15, 0.2) is 0 Å². The van der Waals surface area contributed by atoms with Crippen LogP contribution in [0.3, 0.4) is 0 Å². The summed E-state index contributed by atoms with van der Waals surface area (Å²) in [5, 5.41) is 0. The normalized spacial score (nSPS) is 0. The van der Waals surface area contributed by atoms with Crippen LogP contribution in [0.5, 0.6) is 0 Å². The third-order valence-corrected chi connectivity index (χ3v) is 0. The van der Waals surface area contributed by atoms with Gasteiger partial charge in [0, 0.05) is 70.1 Å². The monoisotopic (exact) mass is 492 g/mol. The van der Waals surface area contributed by atoms with Crippen LogP contribution in [-0.2, 0) is 39.0 Å². The van der Waals surface area contributed by atoms with E-state index in [2.05, 4.69) is 0 Å². The second-order valence-electron chi connectivity index (χ2n) is 0. The van der Waals surface area contributed by atoms with Gasteiger partial charge in [-0.05, 0) is 0 Å². The third-order valence-electron chi connectivity index (χ3n) is 0. The molecule has 0 aromatic rings. The van der Waals surface area contributed by atoms with Crippen LogP contribution in [-0.4, -0.2) is 5.48 Å². The molecular weight excluding hydrogens is 484 g/mol. The molecule has 6 heavy (non-hydrogen) atoms. The minimum Gasteiger partial charge on any atom is -0.412 e. The van der Waals surface area contributed by atoms with Crippen molar-refractivity contribution in [2.24, 2.45) is 0 Å². The van der Waals surface area contributed by atoms with Crippen molar-refractivity contribution < 1.29 is 75.5 Å². The SMILES string of the molecule is O.[CH3-].[CH3-].[Rh].[Rh].[U].